The zero-order valence-corrected chi connectivity index (χ0v) is 15.4. The largest absolute Gasteiger partial charge is 0.460 e. The van der Waals surface area contributed by atoms with Gasteiger partial charge in [0.25, 0.3) is 0 Å². The summed E-state index contributed by atoms with van der Waals surface area (Å²) in [6.45, 7) is 7.10. The van der Waals surface area contributed by atoms with Crippen molar-refractivity contribution in [2.75, 3.05) is 6.61 Å². The topological polar surface area (TPSA) is 35.5 Å². The Hall–Kier alpha value is -1.61. The second kappa shape index (κ2) is 12.8. The van der Waals surface area contributed by atoms with Crippen LogP contribution in [-0.2, 0) is 20.9 Å². The van der Waals surface area contributed by atoms with Crippen molar-refractivity contribution in [1.82, 2.24) is 0 Å². The van der Waals surface area contributed by atoms with Gasteiger partial charge in [0.1, 0.15) is 0 Å². The molecular weight excluding hydrogens is 300 g/mol. The molecule has 24 heavy (non-hydrogen) atoms. The molecule has 0 radical (unpaired) electrons. The van der Waals surface area contributed by atoms with E-state index in [1.807, 2.05) is 45.0 Å². The van der Waals surface area contributed by atoms with Gasteiger partial charge in [0, 0.05) is 12.2 Å². The van der Waals surface area contributed by atoms with Crippen molar-refractivity contribution in [1.29, 1.82) is 0 Å². The number of allylic oxidation sites excluding steroid dienone is 1. The normalized spacial score (nSPS) is 11.8. The van der Waals surface area contributed by atoms with Crippen molar-refractivity contribution < 1.29 is 14.3 Å². The molecule has 0 aliphatic carbocycles. The Kier molecular flexibility index (Phi) is 10.9. The molecule has 0 unspecified atom stereocenters. The standard InChI is InChI=1S/C21H32O3/c1-18(2)24-21(22)19(3)13-9-6-4-5-7-12-16-23-17-20-14-10-8-11-15-20/h8,10-11,13-15,18H,4-7,9,12,16-17H2,1-3H3/b19-13+. The molecular formula is C21H32O3. The summed E-state index contributed by atoms with van der Waals surface area (Å²) >= 11 is 0. The molecule has 0 saturated carbocycles. The van der Waals surface area contributed by atoms with Crippen molar-refractivity contribution in [2.24, 2.45) is 0 Å². The Morgan fingerprint density at radius 3 is 2.42 bits per heavy atom. The lowest BCUT2D eigenvalue weighted by atomic mass is 10.1. The van der Waals surface area contributed by atoms with Gasteiger partial charge >= 0.3 is 5.97 Å². The summed E-state index contributed by atoms with van der Waals surface area (Å²) in [6, 6.07) is 10.3. The fraction of sp³-hybridized carbons (Fsp3) is 0.571. The fourth-order valence-corrected chi connectivity index (χ4v) is 2.35. The minimum atomic E-state index is -0.194. The molecule has 0 aliphatic rings. The SMILES string of the molecule is C/C(=C\CCCCCCCOCc1ccccc1)C(=O)OC(C)C. The van der Waals surface area contributed by atoms with E-state index in [1.165, 1.54) is 24.8 Å². The number of hydrogen-bond acceptors (Lipinski definition) is 3. The van der Waals surface area contributed by atoms with Gasteiger partial charge in [-0.15, -0.1) is 0 Å². The van der Waals surface area contributed by atoms with E-state index < -0.39 is 0 Å². The number of carbonyl (C=O) groups is 1. The molecule has 1 aromatic rings. The van der Waals surface area contributed by atoms with E-state index in [0.29, 0.717) is 6.61 Å². The molecule has 0 saturated heterocycles. The van der Waals surface area contributed by atoms with Crippen LogP contribution in [0.3, 0.4) is 0 Å². The highest BCUT2D eigenvalue weighted by molar-refractivity contribution is 5.87. The van der Waals surface area contributed by atoms with Gasteiger partial charge in [-0.05, 0) is 45.6 Å². The van der Waals surface area contributed by atoms with Crippen LogP contribution in [0.4, 0.5) is 0 Å². The molecule has 0 N–H and O–H groups in total. The van der Waals surface area contributed by atoms with Gasteiger partial charge in [-0.2, -0.15) is 0 Å². The highest BCUT2D eigenvalue weighted by Crippen LogP contribution is 2.09. The third-order valence-corrected chi connectivity index (χ3v) is 3.72. The van der Waals surface area contributed by atoms with Crippen LogP contribution in [0.25, 0.3) is 0 Å². The first kappa shape index (κ1) is 20.4. The zero-order valence-electron chi connectivity index (χ0n) is 15.4. The first-order valence-electron chi connectivity index (χ1n) is 9.09. The highest BCUT2D eigenvalue weighted by atomic mass is 16.5. The Morgan fingerprint density at radius 1 is 1.04 bits per heavy atom. The molecule has 3 heteroatoms. The van der Waals surface area contributed by atoms with Gasteiger partial charge in [-0.1, -0.05) is 55.7 Å². The van der Waals surface area contributed by atoms with Gasteiger partial charge in [-0.3, -0.25) is 0 Å². The molecule has 1 aromatic carbocycles. The molecule has 3 nitrogen and oxygen atoms in total. The highest BCUT2D eigenvalue weighted by Gasteiger charge is 2.06. The number of unbranched alkanes of at least 4 members (excludes halogenated alkanes) is 5. The van der Waals surface area contributed by atoms with E-state index in [-0.39, 0.29) is 12.1 Å². The molecule has 0 aliphatic heterocycles. The van der Waals surface area contributed by atoms with Crippen LogP contribution in [-0.4, -0.2) is 18.7 Å². The molecule has 0 heterocycles. The third kappa shape index (κ3) is 10.2. The van der Waals surface area contributed by atoms with Crippen LogP contribution < -0.4 is 0 Å². The predicted molar refractivity (Wildman–Crippen MR) is 98.8 cm³/mol. The second-order valence-corrected chi connectivity index (χ2v) is 6.44. The zero-order chi connectivity index (χ0) is 17.6. The Morgan fingerprint density at radius 2 is 1.71 bits per heavy atom. The summed E-state index contributed by atoms with van der Waals surface area (Å²) in [4.78, 5) is 11.6. The molecule has 0 atom stereocenters. The van der Waals surface area contributed by atoms with Gasteiger partial charge in [-0.25, -0.2) is 4.79 Å². The first-order valence-corrected chi connectivity index (χ1v) is 9.09. The van der Waals surface area contributed by atoms with Crippen LogP contribution in [0.2, 0.25) is 0 Å². The van der Waals surface area contributed by atoms with E-state index in [9.17, 15) is 4.79 Å². The third-order valence-electron chi connectivity index (χ3n) is 3.72. The van der Waals surface area contributed by atoms with Crippen LogP contribution in [0.5, 0.6) is 0 Å². The molecule has 134 valence electrons. The summed E-state index contributed by atoms with van der Waals surface area (Å²) in [6.07, 6.45) is 8.74. The summed E-state index contributed by atoms with van der Waals surface area (Å²) in [7, 11) is 0. The summed E-state index contributed by atoms with van der Waals surface area (Å²) in [5.74, 6) is -0.194. The Labute approximate surface area is 147 Å². The van der Waals surface area contributed by atoms with E-state index in [0.717, 1.165) is 31.4 Å². The molecule has 0 amide bonds. The summed E-state index contributed by atoms with van der Waals surface area (Å²) in [5, 5.41) is 0. The maximum atomic E-state index is 11.6. The Bertz CT molecular complexity index is 477. The van der Waals surface area contributed by atoms with Crippen molar-refractivity contribution in [3.8, 4) is 0 Å². The van der Waals surface area contributed by atoms with Gasteiger partial charge in [0.05, 0.1) is 12.7 Å². The predicted octanol–water partition coefficient (Wildman–Crippen LogP) is 5.44. The lowest BCUT2D eigenvalue weighted by molar-refractivity contribution is -0.142. The number of carbonyl (C=O) groups excluding carboxylic acids is 1. The average molecular weight is 332 g/mol. The minimum absolute atomic E-state index is 0.0510. The lowest BCUT2D eigenvalue weighted by Crippen LogP contribution is -2.12. The number of ether oxygens (including phenoxy) is 2. The van der Waals surface area contributed by atoms with Crippen molar-refractivity contribution in [3.05, 3.63) is 47.5 Å². The van der Waals surface area contributed by atoms with Crippen LogP contribution in [0, 0.1) is 0 Å². The second-order valence-electron chi connectivity index (χ2n) is 6.44. The molecule has 0 aromatic heterocycles. The van der Waals surface area contributed by atoms with Gasteiger partial charge in [0.15, 0.2) is 0 Å². The monoisotopic (exact) mass is 332 g/mol. The van der Waals surface area contributed by atoms with E-state index in [4.69, 9.17) is 9.47 Å². The van der Waals surface area contributed by atoms with Crippen molar-refractivity contribution >= 4 is 5.97 Å². The van der Waals surface area contributed by atoms with E-state index in [1.54, 1.807) is 0 Å². The molecule has 0 spiro atoms. The van der Waals surface area contributed by atoms with Crippen LogP contribution >= 0.6 is 0 Å². The minimum Gasteiger partial charge on any atom is -0.460 e. The number of esters is 1. The van der Waals surface area contributed by atoms with Gasteiger partial charge < -0.3 is 9.47 Å². The molecule has 0 bridgehead atoms. The quantitative estimate of drug-likeness (QED) is 0.290. The summed E-state index contributed by atoms with van der Waals surface area (Å²) in [5.41, 5.74) is 1.95. The first-order chi connectivity index (χ1) is 11.6. The fourth-order valence-electron chi connectivity index (χ4n) is 2.35. The smallest absolute Gasteiger partial charge is 0.333 e. The van der Waals surface area contributed by atoms with Crippen molar-refractivity contribution in [2.45, 2.75) is 72.0 Å². The van der Waals surface area contributed by atoms with Crippen molar-refractivity contribution in [3.63, 3.8) is 0 Å². The van der Waals surface area contributed by atoms with E-state index in [2.05, 4.69) is 12.1 Å². The average Bonchev–Trinajstić information content (AvgIpc) is 2.56. The van der Waals surface area contributed by atoms with Gasteiger partial charge in [0.2, 0.25) is 0 Å². The maximum absolute atomic E-state index is 11.6. The molecule has 1 rings (SSSR count). The maximum Gasteiger partial charge on any atom is 0.333 e. The number of hydrogen-bond donors (Lipinski definition) is 0. The number of rotatable bonds is 12. The summed E-state index contributed by atoms with van der Waals surface area (Å²) < 4.78 is 10.8. The van der Waals surface area contributed by atoms with Crippen LogP contribution in [0.15, 0.2) is 42.0 Å². The number of benzene rings is 1. The van der Waals surface area contributed by atoms with Crippen LogP contribution in [0.1, 0.15) is 64.9 Å². The Balaban J connectivity index is 1.94. The van der Waals surface area contributed by atoms with E-state index >= 15 is 0 Å². The lowest BCUT2D eigenvalue weighted by Gasteiger charge is -2.07. The molecule has 0 fully saturated rings.